The normalized spacial score (nSPS) is 23.4. The molecule has 1 heterocycles. The van der Waals surface area contributed by atoms with E-state index in [-0.39, 0.29) is 11.9 Å². The quantitative estimate of drug-likeness (QED) is 0.528. The fourth-order valence-corrected chi connectivity index (χ4v) is 1.84. The van der Waals surface area contributed by atoms with Crippen molar-refractivity contribution in [1.29, 1.82) is 0 Å². The maximum Gasteiger partial charge on any atom is 0.306 e. The number of ether oxygens (including phenoxy) is 2. The average Bonchev–Trinajstić information content (AvgIpc) is 2.82. The van der Waals surface area contributed by atoms with Crippen molar-refractivity contribution < 1.29 is 29.3 Å². The second kappa shape index (κ2) is 8.01. The number of aliphatic hydroxyl groups is 2. The lowest BCUT2D eigenvalue weighted by molar-refractivity contribution is -0.152. The molecule has 0 radical (unpaired) electrons. The molecule has 0 aromatic rings. The third-order valence-electron chi connectivity index (χ3n) is 3.05. The fourth-order valence-electron chi connectivity index (χ4n) is 1.84. The Bertz CT molecular complexity index is 365. The van der Waals surface area contributed by atoms with E-state index in [4.69, 9.17) is 9.47 Å². The molecule has 6 heteroatoms. The van der Waals surface area contributed by atoms with Crippen LogP contribution in [0.5, 0.6) is 0 Å². The van der Waals surface area contributed by atoms with Crippen LogP contribution in [0, 0.1) is 0 Å². The Hall–Kier alpha value is -1.40. The van der Waals surface area contributed by atoms with Crippen molar-refractivity contribution in [1.82, 2.24) is 0 Å². The lowest BCUT2D eigenvalue weighted by Crippen LogP contribution is -2.28. The molecular formula is C14H22O6. The van der Waals surface area contributed by atoms with Crippen molar-refractivity contribution in [3.8, 4) is 0 Å². The summed E-state index contributed by atoms with van der Waals surface area (Å²) in [5, 5.41) is 19.6. The number of rotatable bonds is 7. The molecule has 20 heavy (non-hydrogen) atoms. The average molecular weight is 286 g/mol. The Morgan fingerprint density at radius 2 is 2.20 bits per heavy atom. The molecule has 0 bridgehead atoms. The van der Waals surface area contributed by atoms with Gasteiger partial charge >= 0.3 is 11.9 Å². The van der Waals surface area contributed by atoms with Crippen molar-refractivity contribution in [3.05, 3.63) is 12.2 Å². The summed E-state index contributed by atoms with van der Waals surface area (Å²) < 4.78 is 9.93. The van der Waals surface area contributed by atoms with E-state index in [1.54, 1.807) is 6.92 Å². The smallest absolute Gasteiger partial charge is 0.306 e. The van der Waals surface area contributed by atoms with Crippen molar-refractivity contribution in [3.63, 3.8) is 0 Å². The van der Waals surface area contributed by atoms with Crippen LogP contribution in [0.2, 0.25) is 0 Å². The predicted octanol–water partition coefficient (Wildman–Crippen LogP) is 0.702. The van der Waals surface area contributed by atoms with Crippen molar-refractivity contribution in [2.45, 2.75) is 63.9 Å². The van der Waals surface area contributed by atoms with E-state index in [0.717, 1.165) is 0 Å². The van der Waals surface area contributed by atoms with Gasteiger partial charge in [-0.2, -0.15) is 0 Å². The van der Waals surface area contributed by atoms with Gasteiger partial charge in [0.05, 0.1) is 0 Å². The molecule has 0 unspecified atom stereocenters. The minimum atomic E-state index is -1.01. The standard InChI is InChI=1S/C14H22O6/c1-3-4-13(17)19-9(2)10(15)5-6-11(16)12-7-8-14(18)20-12/h5-6,9-12,15-16H,3-4,7-8H2,1-2H3/b6-5+/t9-,10+,11-,12+/m1/s1. The van der Waals surface area contributed by atoms with Crippen molar-refractivity contribution in [2.24, 2.45) is 0 Å². The van der Waals surface area contributed by atoms with E-state index in [9.17, 15) is 19.8 Å². The zero-order valence-electron chi connectivity index (χ0n) is 11.8. The number of carbonyl (C=O) groups is 2. The SMILES string of the molecule is CCCC(=O)O[C@H](C)[C@@H](O)/C=C/[C@@H](O)[C@@H]1CCC(=O)O1. The van der Waals surface area contributed by atoms with Gasteiger partial charge in [0.2, 0.25) is 0 Å². The fraction of sp³-hybridized carbons (Fsp3) is 0.714. The molecule has 1 saturated heterocycles. The van der Waals surface area contributed by atoms with Gasteiger partial charge < -0.3 is 19.7 Å². The van der Waals surface area contributed by atoms with Crippen molar-refractivity contribution >= 4 is 11.9 Å². The Balaban J connectivity index is 2.39. The predicted molar refractivity (Wildman–Crippen MR) is 70.7 cm³/mol. The largest absolute Gasteiger partial charge is 0.460 e. The summed E-state index contributed by atoms with van der Waals surface area (Å²) in [6.45, 7) is 3.44. The molecule has 114 valence electrons. The van der Waals surface area contributed by atoms with E-state index in [2.05, 4.69) is 0 Å². The third-order valence-corrected chi connectivity index (χ3v) is 3.05. The molecule has 0 aliphatic carbocycles. The molecular weight excluding hydrogens is 264 g/mol. The summed E-state index contributed by atoms with van der Waals surface area (Å²) in [4.78, 5) is 22.2. The van der Waals surface area contributed by atoms with E-state index >= 15 is 0 Å². The van der Waals surface area contributed by atoms with Crippen LogP contribution in [0.4, 0.5) is 0 Å². The second-order valence-corrected chi connectivity index (χ2v) is 4.88. The van der Waals surface area contributed by atoms with E-state index in [0.29, 0.717) is 25.7 Å². The highest BCUT2D eigenvalue weighted by molar-refractivity contribution is 5.71. The molecule has 1 aliphatic rings. The van der Waals surface area contributed by atoms with Gasteiger partial charge in [0.25, 0.3) is 0 Å². The second-order valence-electron chi connectivity index (χ2n) is 4.88. The molecule has 0 aromatic heterocycles. The molecule has 0 aromatic carbocycles. The third kappa shape index (κ3) is 5.30. The number of carbonyl (C=O) groups excluding carboxylic acids is 2. The van der Waals surface area contributed by atoms with Crippen LogP contribution >= 0.6 is 0 Å². The number of hydrogen-bond acceptors (Lipinski definition) is 6. The summed E-state index contributed by atoms with van der Waals surface area (Å²) in [5.41, 5.74) is 0. The van der Waals surface area contributed by atoms with E-state index in [1.807, 2.05) is 6.92 Å². The Morgan fingerprint density at radius 1 is 1.50 bits per heavy atom. The first-order chi connectivity index (χ1) is 9.43. The van der Waals surface area contributed by atoms with Gasteiger partial charge in [-0.3, -0.25) is 9.59 Å². The minimum absolute atomic E-state index is 0.295. The van der Waals surface area contributed by atoms with E-state index < -0.39 is 24.4 Å². The van der Waals surface area contributed by atoms with Gasteiger partial charge in [0.15, 0.2) is 0 Å². The number of cyclic esters (lactones) is 1. The summed E-state index contributed by atoms with van der Waals surface area (Å²) in [6.07, 6.45) is 1.22. The van der Waals surface area contributed by atoms with Crippen LogP contribution in [-0.2, 0) is 19.1 Å². The molecule has 1 fully saturated rings. The van der Waals surface area contributed by atoms with E-state index in [1.165, 1.54) is 12.2 Å². The molecule has 6 nitrogen and oxygen atoms in total. The molecule has 2 N–H and O–H groups in total. The minimum Gasteiger partial charge on any atom is -0.460 e. The zero-order chi connectivity index (χ0) is 15.1. The van der Waals surface area contributed by atoms with Gasteiger partial charge in [0.1, 0.15) is 24.4 Å². The molecule has 1 rings (SSSR count). The van der Waals surface area contributed by atoms with Crippen molar-refractivity contribution in [2.75, 3.05) is 0 Å². The Labute approximate surface area is 118 Å². The van der Waals surface area contributed by atoms with Crippen LogP contribution in [0.25, 0.3) is 0 Å². The summed E-state index contributed by atoms with van der Waals surface area (Å²) in [7, 11) is 0. The molecule has 0 saturated carbocycles. The highest BCUT2D eigenvalue weighted by Crippen LogP contribution is 2.18. The summed E-state index contributed by atoms with van der Waals surface area (Å²) in [5.74, 6) is -0.692. The van der Waals surface area contributed by atoms with Crippen LogP contribution < -0.4 is 0 Å². The number of aliphatic hydroxyl groups excluding tert-OH is 2. The zero-order valence-corrected chi connectivity index (χ0v) is 11.8. The first kappa shape index (κ1) is 16.7. The van der Waals surface area contributed by atoms with Crippen LogP contribution in [-0.4, -0.2) is 46.6 Å². The van der Waals surface area contributed by atoms with Gasteiger partial charge in [-0.05, 0) is 19.8 Å². The molecule has 4 atom stereocenters. The first-order valence-electron chi connectivity index (χ1n) is 6.87. The van der Waals surface area contributed by atoms with Crippen LogP contribution in [0.3, 0.4) is 0 Å². The monoisotopic (exact) mass is 286 g/mol. The van der Waals surface area contributed by atoms with Gasteiger partial charge in [-0.25, -0.2) is 0 Å². The maximum absolute atomic E-state index is 11.3. The van der Waals surface area contributed by atoms with Crippen LogP contribution in [0.15, 0.2) is 12.2 Å². The van der Waals surface area contributed by atoms with Gasteiger partial charge in [-0.1, -0.05) is 19.1 Å². The number of esters is 2. The van der Waals surface area contributed by atoms with Gasteiger partial charge in [0, 0.05) is 12.8 Å². The molecule has 1 aliphatic heterocycles. The number of hydrogen-bond donors (Lipinski definition) is 2. The van der Waals surface area contributed by atoms with Crippen LogP contribution in [0.1, 0.15) is 39.5 Å². The highest BCUT2D eigenvalue weighted by atomic mass is 16.6. The lowest BCUT2D eigenvalue weighted by Gasteiger charge is -2.18. The summed E-state index contributed by atoms with van der Waals surface area (Å²) >= 11 is 0. The first-order valence-corrected chi connectivity index (χ1v) is 6.87. The molecule has 0 amide bonds. The topological polar surface area (TPSA) is 93.1 Å². The molecule has 0 spiro atoms. The van der Waals surface area contributed by atoms with Gasteiger partial charge in [-0.15, -0.1) is 0 Å². The summed E-state index contributed by atoms with van der Waals surface area (Å²) in [6, 6.07) is 0. The Kier molecular flexibility index (Phi) is 6.67. The lowest BCUT2D eigenvalue weighted by atomic mass is 10.1. The maximum atomic E-state index is 11.3. The highest BCUT2D eigenvalue weighted by Gasteiger charge is 2.28. The Morgan fingerprint density at radius 3 is 2.75 bits per heavy atom.